The van der Waals surface area contributed by atoms with Crippen molar-refractivity contribution in [2.75, 3.05) is 6.54 Å². The Hall–Kier alpha value is -2.37. The van der Waals surface area contributed by atoms with Gasteiger partial charge in [0.1, 0.15) is 0 Å². The quantitative estimate of drug-likeness (QED) is 0.650. The van der Waals surface area contributed by atoms with Gasteiger partial charge in [0.05, 0.1) is 5.69 Å². The second kappa shape index (κ2) is 7.09. The lowest BCUT2D eigenvalue weighted by Crippen LogP contribution is -2.31. The molecule has 3 aromatic rings. The minimum atomic E-state index is -0.384. The highest BCUT2D eigenvalue weighted by molar-refractivity contribution is 6.30. The number of aryl methyl sites for hydroxylation is 1. The molecule has 0 fully saturated rings. The largest absolute Gasteiger partial charge is 0.294 e. The van der Waals surface area contributed by atoms with Crippen molar-refractivity contribution >= 4 is 11.6 Å². The van der Waals surface area contributed by atoms with E-state index in [0.717, 1.165) is 35.3 Å². The van der Waals surface area contributed by atoms with Gasteiger partial charge in [-0.3, -0.25) is 4.90 Å². The first kappa shape index (κ1) is 17.1. The van der Waals surface area contributed by atoms with Crippen molar-refractivity contribution in [2.24, 2.45) is 0 Å². The monoisotopic (exact) mass is 368 g/mol. The Morgan fingerprint density at radius 3 is 2.73 bits per heavy atom. The van der Waals surface area contributed by atoms with Gasteiger partial charge < -0.3 is 0 Å². The molecule has 0 radical (unpaired) electrons. The van der Waals surface area contributed by atoms with Crippen LogP contribution in [-0.2, 0) is 19.5 Å². The van der Waals surface area contributed by atoms with E-state index in [2.05, 4.69) is 14.9 Å². The number of rotatable bonds is 3. The van der Waals surface area contributed by atoms with E-state index in [-0.39, 0.29) is 5.95 Å². The average Bonchev–Trinajstić information content (AvgIpc) is 2.65. The van der Waals surface area contributed by atoms with Gasteiger partial charge in [-0.05, 0) is 42.8 Å². The highest BCUT2D eigenvalue weighted by atomic mass is 35.5. The van der Waals surface area contributed by atoms with Crippen LogP contribution >= 0.6 is 11.6 Å². The fourth-order valence-electron chi connectivity index (χ4n) is 3.22. The molecule has 26 heavy (non-hydrogen) atoms. The molecular formula is C20H18ClFN4. The van der Waals surface area contributed by atoms with Gasteiger partial charge in [0, 0.05) is 60.2 Å². The summed E-state index contributed by atoms with van der Waals surface area (Å²) in [5.41, 5.74) is 4.69. The fourth-order valence-corrected chi connectivity index (χ4v) is 3.34. The van der Waals surface area contributed by atoms with Crippen LogP contribution in [0.3, 0.4) is 0 Å². The van der Waals surface area contributed by atoms with E-state index in [4.69, 9.17) is 16.6 Å². The van der Waals surface area contributed by atoms with Crippen LogP contribution in [-0.4, -0.2) is 26.4 Å². The van der Waals surface area contributed by atoms with Crippen LogP contribution in [0.4, 0.5) is 4.39 Å². The Kier molecular flexibility index (Phi) is 4.66. The number of halogens is 2. The van der Waals surface area contributed by atoms with Crippen LogP contribution in [0.1, 0.15) is 22.4 Å². The van der Waals surface area contributed by atoms with Gasteiger partial charge in [-0.25, -0.2) is 15.0 Å². The van der Waals surface area contributed by atoms with Crippen LogP contribution in [0.25, 0.3) is 11.4 Å². The maximum Gasteiger partial charge on any atom is 0.217 e. The van der Waals surface area contributed by atoms with E-state index in [0.29, 0.717) is 29.5 Å². The zero-order chi connectivity index (χ0) is 18.1. The van der Waals surface area contributed by atoms with Gasteiger partial charge in [0.25, 0.3) is 0 Å². The summed E-state index contributed by atoms with van der Waals surface area (Å²) < 4.78 is 14.0. The van der Waals surface area contributed by atoms with Crippen molar-refractivity contribution in [3.63, 3.8) is 0 Å². The summed E-state index contributed by atoms with van der Waals surface area (Å²) in [6.45, 7) is 4.01. The molecule has 0 saturated heterocycles. The first-order valence-corrected chi connectivity index (χ1v) is 8.91. The van der Waals surface area contributed by atoms with Crippen LogP contribution in [0, 0.1) is 12.9 Å². The maximum atomic E-state index is 14.0. The molecule has 3 heterocycles. The average molecular weight is 369 g/mol. The summed E-state index contributed by atoms with van der Waals surface area (Å²) in [6, 6.07) is 9.37. The highest BCUT2D eigenvalue weighted by Crippen LogP contribution is 2.24. The summed E-state index contributed by atoms with van der Waals surface area (Å²) in [4.78, 5) is 15.2. The normalized spacial score (nSPS) is 14.3. The van der Waals surface area contributed by atoms with Gasteiger partial charge in [0.15, 0.2) is 5.82 Å². The van der Waals surface area contributed by atoms with E-state index in [1.165, 1.54) is 6.20 Å². The maximum absolute atomic E-state index is 14.0. The summed E-state index contributed by atoms with van der Waals surface area (Å²) in [5, 5.41) is 0.695. The predicted molar refractivity (Wildman–Crippen MR) is 99.2 cm³/mol. The number of pyridine rings is 1. The van der Waals surface area contributed by atoms with Crippen LogP contribution in [0.5, 0.6) is 0 Å². The third-order valence-corrected chi connectivity index (χ3v) is 4.99. The number of nitrogens with zero attached hydrogens (tertiary/aromatic N) is 4. The van der Waals surface area contributed by atoms with Crippen molar-refractivity contribution in [3.8, 4) is 11.4 Å². The summed E-state index contributed by atoms with van der Waals surface area (Å²) in [5.74, 6) is 0.327. The van der Waals surface area contributed by atoms with Crippen LogP contribution in [0.15, 0.2) is 42.7 Å². The van der Waals surface area contributed by atoms with Crippen LogP contribution in [0.2, 0.25) is 5.02 Å². The van der Waals surface area contributed by atoms with Crippen molar-refractivity contribution in [1.82, 2.24) is 19.9 Å². The molecule has 0 atom stereocenters. The Balaban J connectivity index is 1.54. The molecule has 0 spiro atoms. The number of hydrogen-bond donors (Lipinski definition) is 0. The second-order valence-electron chi connectivity index (χ2n) is 6.53. The van der Waals surface area contributed by atoms with E-state index < -0.39 is 0 Å². The number of hydrogen-bond acceptors (Lipinski definition) is 4. The minimum absolute atomic E-state index is 0.384. The highest BCUT2D eigenvalue weighted by Gasteiger charge is 2.20. The summed E-state index contributed by atoms with van der Waals surface area (Å²) in [7, 11) is 0. The number of fused-ring (bicyclic) bond motifs is 1. The lowest BCUT2D eigenvalue weighted by Gasteiger charge is -2.28. The van der Waals surface area contributed by atoms with Crippen molar-refractivity contribution < 1.29 is 4.39 Å². The third kappa shape index (κ3) is 3.45. The zero-order valence-corrected chi connectivity index (χ0v) is 15.2. The van der Waals surface area contributed by atoms with Gasteiger partial charge in [-0.1, -0.05) is 11.6 Å². The van der Waals surface area contributed by atoms with E-state index in [1.54, 1.807) is 0 Å². The van der Waals surface area contributed by atoms with Gasteiger partial charge in [-0.2, -0.15) is 4.39 Å². The molecule has 0 amide bonds. The Bertz CT molecular complexity index is 923. The standard InChI is InChI=1S/C20H18ClFN4/c1-13-6-8-23-19(22)17(13)12-26-9-7-18-15(11-26)10-24-20(25-18)14-2-4-16(21)5-3-14/h2-6,8,10H,7,9,11-12H2,1H3. The van der Waals surface area contributed by atoms with Crippen molar-refractivity contribution in [2.45, 2.75) is 26.4 Å². The molecule has 132 valence electrons. The second-order valence-corrected chi connectivity index (χ2v) is 6.97. The summed E-state index contributed by atoms with van der Waals surface area (Å²) >= 11 is 5.94. The molecule has 1 aliphatic heterocycles. The Morgan fingerprint density at radius 1 is 1.15 bits per heavy atom. The molecule has 4 nitrogen and oxygen atoms in total. The van der Waals surface area contributed by atoms with Gasteiger partial charge in [0.2, 0.25) is 5.95 Å². The first-order chi connectivity index (χ1) is 12.6. The zero-order valence-electron chi connectivity index (χ0n) is 14.4. The summed E-state index contributed by atoms with van der Waals surface area (Å²) in [6.07, 6.45) is 4.20. The SMILES string of the molecule is Cc1ccnc(F)c1CN1CCc2nc(-c3ccc(Cl)cc3)ncc2C1. The molecular weight excluding hydrogens is 351 g/mol. The van der Waals surface area contributed by atoms with Gasteiger partial charge in [-0.15, -0.1) is 0 Å². The first-order valence-electron chi connectivity index (χ1n) is 8.53. The molecule has 1 aromatic carbocycles. The molecule has 0 N–H and O–H groups in total. The van der Waals surface area contributed by atoms with Crippen molar-refractivity contribution in [3.05, 3.63) is 76.1 Å². The lowest BCUT2D eigenvalue weighted by atomic mass is 10.0. The minimum Gasteiger partial charge on any atom is -0.294 e. The lowest BCUT2D eigenvalue weighted by molar-refractivity contribution is 0.238. The molecule has 0 bridgehead atoms. The van der Waals surface area contributed by atoms with E-state index in [9.17, 15) is 4.39 Å². The Morgan fingerprint density at radius 2 is 1.96 bits per heavy atom. The smallest absolute Gasteiger partial charge is 0.217 e. The van der Waals surface area contributed by atoms with E-state index in [1.807, 2.05) is 43.5 Å². The molecule has 1 aliphatic rings. The Labute approximate surface area is 156 Å². The molecule has 2 aromatic heterocycles. The molecule has 4 rings (SSSR count). The number of benzene rings is 1. The van der Waals surface area contributed by atoms with Crippen LogP contribution < -0.4 is 0 Å². The van der Waals surface area contributed by atoms with Gasteiger partial charge >= 0.3 is 0 Å². The molecule has 0 aliphatic carbocycles. The molecule has 0 saturated carbocycles. The van der Waals surface area contributed by atoms with E-state index >= 15 is 0 Å². The van der Waals surface area contributed by atoms with Crippen molar-refractivity contribution in [1.29, 1.82) is 0 Å². The molecule has 6 heteroatoms. The predicted octanol–water partition coefficient (Wildman–Crippen LogP) is 4.20. The molecule has 0 unspecified atom stereocenters. The third-order valence-electron chi connectivity index (χ3n) is 4.73. The number of aromatic nitrogens is 3. The fraction of sp³-hybridized carbons (Fsp3) is 0.250. The topological polar surface area (TPSA) is 41.9 Å².